The van der Waals surface area contributed by atoms with E-state index in [1.807, 2.05) is 6.07 Å². The van der Waals surface area contributed by atoms with E-state index >= 15 is 0 Å². The molecular weight excluding hydrogens is 407 g/mol. The number of aromatic nitrogens is 3. The number of halogens is 3. The lowest BCUT2D eigenvalue weighted by atomic mass is 9.99. The molecule has 1 aliphatic heterocycles. The van der Waals surface area contributed by atoms with E-state index in [9.17, 15) is 18.4 Å². The molecule has 31 heavy (non-hydrogen) atoms. The van der Waals surface area contributed by atoms with Crippen LogP contribution in [0.1, 0.15) is 29.8 Å². The molecule has 1 aromatic carbocycles. The first-order chi connectivity index (χ1) is 14.9. The van der Waals surface area contributed by atoms with Gasteiger partial charge in [-0.15, -0.1) is 0 Å². The molecule has 1 aliphatic rings. The van der Waals surface area contributed by atoms with Gasteiger partial charge < -0.3 is 14.6 Å². The van der Waals surface area contributed by atoms with Gasteiger partial charge >= 0.3 is 6.18 Å². The summed E-state index contributed by atoms with van der Waals surface area (Å²) in [7, 11) is 1.75. The smallest absolute Gasteiger partial charge is 0.376 e. The van der Waals surface area contributed by atoms with Crippen LogP contribution in [-0.2, 0) is 24.6 Å². The Balaban J connectivity index is 1.66. The van der Waals surface area contributed by atoms with E-state index < -0.39 is 11.7 Å². The molecule has 4 rings (SSSR count). The van der Waals surface area contributed by atoms with E-state index in [0.717, 1.165) is 32.0 Å². The maximum absolute atomic E-state index is 13.8. The summed E-state index contributed by atoms with van der Waals surface area (Å²) in [6.45, 7) is 2.16. The molecule has 0 amide bonds. The summed E-state index contributed by atoms with van der Waals surface area (Å²) in [5, 5.41) is 13.1. The highest BCUT2D eigenvalue weighted by atomic mass is 19.4. The number of alkyl halides is 3. The molecule has 3 aromatic rings. The molecule has 6 nitrogen and oxygen atoms in total. The number of ether oxygens (including phenoxy) is 1. The first-order valence-corrected chi connectivity index (χ1v) is 10.1. The number of rotatable bonds is 5. The Labute approximate surface area is 177 Å². The molecule has 1 N–H and O–H groups in total. The van der Waals surface area contributed by atoms with Gasteiger partial charge in [-0.25, -0.2) is 9.97 Å². The van der Waals surface area contributed by atoms with Crippen LogP contribution in [0.25, 0.3) is 22.3 Å². The first-order valence-electron chi connectivity index (χ1n) is 10.1. The second-order valence-electron chi connectivity index (χ2n) is 7.75. The number of hydrogen-bond donors (Lipinski definition) is 1. The summed E-state index contributed by atoms with van der Waals surface area (Å²) in [5.74, 6) is 0.277. The molecular formula is C22H22F3N5O. The highest BCUT2D eigenvalue weighted by Crippen LogP contribution is 2.36. The Hall–Kier alpha value is -2.96. The second-order valence-corrected chi connectivity index (χ2v) is 7.75. The van der Waals surface area contributed by atoms with Crippen LogP contribution in [0.3, 0.4) is 0 Å². The predicted octanol–water partition coefficient (Wildman–Crippen LogP) is 4.04. The Morgan fingerprint density at radius 2 is 2.00 bits per heavy atom. The largest absolute Gasteiger partial charge is 0.416 e. The third-order valence-corrected chi connectivity index (χ3v) is 5.58. The van der Waals surface area contributed by atoms with Crippen molar-refractivity contribution < 1.29 is 17.9 Å². The van der Waals surface area contributed by atoms with Crippen molar-refractivity contribution >= 4 is 11.0 Å². The summed E-state index contributed by atoms with van der Waals surface area (Å²) in [4.78, 5) is 8.35. The van der Waals surface area contributed by atoms with Crippen LogP contribution in [0, 0.1) is 17.2 Å². The van der Waals surface area contributed by atoms with Gasteiger partial charge in [-0.1, -0.05) is 12.1 Å². The lowest BCUT2D eigenvalue weighted by molar-refractivity contribution is -0.138. The van der Waals surface area contributed by atoms with Gasteiger partial charge in [0.25, 0.3) is 0 Å². The summed E-state index contributed by atoms with van der Waals surface area (Å²) in [6, 6.07) is 7.72. The standard InChI is InChI=1S/C22H22F3N5O/c1-30-9-6-17-20(28-19(11-26)29-21(17)30)15-2-3-16(18(10-15)22(23,24)25)13-31-12-14-4-7-27-8-5-14/h2-3,6,9-10,14,27H,4-5,7-8,12-13H2,1H3. The van der Waals surface area contributed by atoms with Crippen LogP contribution in [0.2, 0.25) is 0 Å². The van der Waals surface area contributed by atoms with E-state index in [-0.39, 0.29) is 23.6 Å². The Kier molecular flexibility index (Phi) is 5.94. The Morgan fingerprint density at radius 1 is 1.23 bits per heavy atom. The van der Waals surface area contributed by atoms with Crippen LogP contribution in [0.15, 0.2) is 30.5 Å². The zero-order chi connectivity index (χ0) is 22.0. The lowest BCUT2D eigenvalue weighted by Crippen LogP contribution is -2.30. The first kappa shape index (κ1) is 21.3. The molecule has 1 fully saturated rings. The molecule has 0 spiro atoms. The van der Waals surface area contributed by atoms with Gasteiger partial charge in [0, 0.05) is 30.8 Å². The topological polar surface area (TPSA) is 75.8 Å². The summed E-state index contributed by atoms with van der Waals surface area (Å²) in [5.41, 5.74) is 0.407. The fraction of sp³-hybridized carbons (Fsp3) is 0.409. The number of nitrogens with zero attached hydrogens (tertiary/aromatic N) is 4. The van der Waals surface area contributed by atoms with Crippen LogP contribution in [0.4, 0.5) is 13.2 Å². The molecule has 3 heterocycles. The van der Waals surface area contributed by atoms with Crippen LogP contribution in [0.5, 0.6) is 0 Å². The van der Waals surface area contributed by atoms with Gasteiger partial charge in [-0.2, -0.15) is 18.4 Å². The fourth-order valence-electron chi connectivity index (χ4n) is 3.90. The van der Waals surface area contributed by atoms with E-state index in [4.69, 9.17) is 4.74 Å². The quantitative estimate of drug-likeness (QED) is 0.663. The highest BCUT2D eigenvalue weighted by molar-refractivity contribution is 5.91. The summed E-state index contributed by atoms with van der Waals surface area (Å²) >= 11 is 0. The number of nitriles is 1. The van der Waals surface area contributed by atoms with Crippen molar-refractivity contribution in [3.8, 4) is 17.3 Å². The van der Waals surface area contributed by atoms with Crippen LogP contribution < -0.4 is 5.32 Å². The minimum atomic E-state index is -4.54. The molecule has 0 bridgehead atoms. The SMILES string of the molecule is Cn1ccc2c(-c3ccc(COCC4CCNCC4)c(C(F)(F)F)c3)nc(C#N)nc21. The van der Waals surface area contributed by atoms with Gasteiger partial charge in [0.15, 0.2) is 0 Å². The Morgan fingerprint density at radius 3 is 2.71 bits per heavy atom. The summed E-state index contributed by atoms with van der Waals surface area (Å²) < 4.78 is 48.9. The second kappa shape index (κ2) is 8.65. The molecule has 1 saturated heterocycles. The molecule has 9 heteroatoms. The average molecular weight is 429 g/mol. The minimum Gasteiger partial charge on any atom is -0.376 e. The average Bonchev–Trinajstić information content (AvgIpc) is 3.14. The number of piperidine rings is 1. The number of hydrogen-bond acceptors (Lipinski definition) is 5. The molecule has 0 radical (unpaired) electrons. The number of benzene rings is 1. The molecule has 0 unspecified atom stereocenters. The maximum atomic E-state index is 13.8. The van der Waals surface area contributed by atoms with Gasteiger partial charge in [-0.3, -0.25) is 0 Å². The molecule has 0 saturated carbocycles. The third-order valence-electron chi connectivity index (χ3n) is 5.58. The fourth-order valence-corrected chi connectivity index (χ4v) is 3.90. The lowest BCUT2D eigenvalue weighted by Gasteiger charge is -2.22. The van der Waals surface area contributed by atoms with Crippen molar-refractivity contribution in [2.45, 2.75) is 25.6 Å². The maximum Gasteiger partial charge on any atom is 0.416 e. The van der Waals surface area contributed by atoms with Crippen LogP contribution >= 0.6 is 0 Å². The van der Waals surface area contributed by atoms with E-state index in [2.05, 4.69) is 15.3 Å². The van der Waals surface area contributed by atoms with Gasteiger partial charge in [0.1, 0.15) is 11.7 Å². The van der Waals surface area contributed by atoms with Gasteiger partial charge in [-0.05, 0) is 49.5 Å². The summed E-state index contributed by atoms with van der Waals surface area (Å²) in [6.07, 6.45) is -0.873. The van der Waals surface area contributed by atoms with Crippen molar-refractivity contribution in [3.05, 3.63) is 47.4 Å². The van der Waals surface area contributed by atoms with E-state index in [0.29, 0.717) is 29.3 Å². The highest BCUT2D eigenvalue weighted by Gasteiger charge is 2.34. The van der Waals surface area contributed by atoms with E-state index in [1.54, 1.807) is 29.9 Å². The van der Waals surface area contributed by atoms with Crippen molar-refractivity contribution in [1.29, 1.82) is 5.26 Å². The van der Waals surface area contributed by atoms with Crippen molar-refractivity contribution in [1.82, 2.24) is 19.9 Å². The Bertz CT molecular complexity index is 1130. The van der Waals surface area contributed by atoms with Crippen molar-refractivity contribution in [2.24, 2.45) is 13.0 Å². The van der Waals surface area contributed by atoms with Gasteiger partial charge in [0.05, 0.1) is 17.9 Å². The van der Waals surface area contributed by atoms with Crippen LogP contribution in [-0.4, -0.2) is 34.2 Å². The molecule has 2 aromatic heterocycles. The zero-order valence-corrected chi connectivity index (χ0v) is 17.0. The zero-order valence-electron chi connectivity index (χ0n) is 17.0. The normalized spacial score (nSPS) is 15.3. The monoisotopic (exact) mass is 429 g/mol. The molecule has 162 valence electrons. The number of nitrogens with one attached hydrogen (secondary N) is 1. The molecule has 0 aliphatic carbocycles. The van der Waals surface area contributed by atoms with Crippen molar-refractivity contribution in [2.75, 3.05) is 19.7 Å². The number of fused-ring (bicyclic) bond motifs is 1. The predicted molar refractivity (Wildman–Crippen MR) is 109 cm³/mol. The molecule has 0 atom stereocenters. The van der Waals surface area contributed by atoms with E-state index in [1.165, 1.54) is 6.07 Å². The minimum absolute atomic E-state index is 0.0871. The number of aryl methyl sites for hydroxylation is 1. The third kappa shape index (κ3) is 4.55. The van der Waals surface area contributed by atoms with Gasteiger partial charge in [0.2, 0.25) is 5.82 Å². The van der Waals surface area contributed by atoms with Crippen molar-refractivity contribution in [3.63, 3.8) is 0 Å².